The molecule has 0 atom stereocenters. The molecule has 1 aromatic heterocycles. The molecule has 0 radical (unpaired) electrons. The van der Waals surface area contributed by atoms with E-state index in [1.54, 1.807) is 18.5 Å². The highest BCUT2D eigenvalue weighted by molar-refractivity contribution is 5.95. The topological polar surface area (TPSA) is 54.9 Å². The molecule has 0 bridgehead atoms. The molecule has 3 rings (SSSR count). The number of hydrogen-bond donors (Lipinski definition) is 1. The van der Waals surface area contributed by atoms with Crippen LogP contribution in [0.15, 0.2) is 36.9 Å². The van der Waals surface area contributed by atoms with Gasteiger partial charge in [-0.3, -0.25) is 4.79 Å². The lowest BCUT2D eigenvalue weighted by Gasteiger charge is -2.09. The first-order valence-corrected chi connectivity index (χ1v) is 6.59. The Morgan fingerprint density at radius 1 is 1.24 bits per heavy atom. The van der Waals surface area contributed by atoms with Crippen LogP contribution in [0.25, 0.3) is 11.1 Å². The summed E-state index contributed by atoms with van der Waals surface area (Å²) in [6.07, 6.45) is 5.39. The summed E-state index contributed by atoms with van der Waals surface area (Å²) >= 11 is 0. The molecule has 108 valence electrons. The van der Waals surface area contributed by atoms with Crippen LogP contribution >= 0.6 is 0 Å². The Labute approximate surface area is 120 Å². The van der Waals surface area contributed by atoms with Gasteiger partial charge in [0.2, 0.25) is 0 Å². The predicted molar refractivity (Wildman–Crippen MR) is 72.8 cm³/mol. The van der Waals surface area contributed by atoms with Gasteiger partial charge in [-0.1, -0.05) is 6.07 Å². The van der Waals surface area contributed by atoms with Crippen LogP contribution in [0.3, 0.4) is 0 Å². The quantitative estimate of drug-likeness (QED) is 0.941. The van der Waals surface area contributed by atoms with Crippen LogP contribution in [-0.2, 0) is 0 Å². The second-order valence-corrected chi connectivity index (χ2v) is 5.16. The second-order valence-electron chi connectivity index (χ2n) is 5.16. The third-order valence-corrected chi connectivity index (χ3v) is 3.47. The minimum Gasteiger partial charge on any atom is -0.349 e. The van der Waals surface area contributed by atoms with Gasteiger partial charge in [-0.2, -0.15) is 0 Å². The number of hydrogen-bond acceptors (Lipinski definition) is 3. The average molecular weight is 289 g/mol. The van der Waals surface area contributed by atoms with Crippen molar-refractivity contribution >= 4 is 5.91 Å². The molecule has 1 aliphatic rings. The Morgan fingerprint density at radius 3 is 2.57 bits per heavy atom. The van der Waals surface area contributed by atoms with Crippen LogP contribution in [0.5, 0.6) is 0 Å². The summed E-state index contributed by atoms with van der Waals surface area (Å²) in [5, 5.41) is 2.42. The third-order valence-electron chi connectivity index (χ3n) is 3.47. The Morgan fingerprint density at radius 2 is 1.95 bits per heavy atom. The van der Waals surface area contributed by atoms with E-state index in [0.29, 0.717) is 24.0 Å². The molecule has 1 fully saturated rings. The zero-order chi connectivity index (χ0) is 14.9. The molecule has 1 aliphatic carbocycles. The lowest BCUT2D eigenvalue weighted by Crippen LogP contribution is -2.31. The van der Waals surface area contributed by atoms with Crippen LogP contribution in [0.1, 0.15) is 23.2 Å². The van der Waals surface area contributed by atoms with Crippen molar-refractivity contribution < 1.29 is 13.6 Å². The van der Waals surface area contributed by atoms with E-state index in [4.69, 9.17) is 0 Å². The van der Waals surface area contributed by atoms with E-state index in [1.807, 2.05) is 0 Å². The van der Waals surface area contributed by atoms with Crippen molar-refractivity contribution in [1.82, 2.24) is 15.3 Å². The number of nitrogens with zero attached hydrogens (tertiary/aromatic N) is 2. The summed E-state index contributed by atoms with van der Waals surface area (Å²) in [6.45, 7) is -0.0699. The molecular formula is C15H13F2N3O. The maximum Gasteiger partial charge on any atom is 0.254 e. The van der Waals surface area contributed by atoms with Gasteiger partial charge in [-0.05, 0) is 30.5 Å². The van der Waals surface area contributed by atoms with E-state index in [1.165, 1.54) is 18.5 Å². The lowest BCUT2D eigenvalue weighted by molar-refractivity contribution is 0.0934. The van der Waals surface area contributed by atoms with Gasteiger partial charge in [0.15, 0.2) is 0 Å². The van der Waals surface area contributed by atoms with Gasteiger partial charge in [-0.25, -0.2) is 18.7 Å². The highest BCUT2D eigenvalue weighted by Gasteiger charge is 2.43. The molecule has 0 saturated heterocycles. The van der Waals surface area contributed by atoms with Gasteiger partial charge in [0, 0.05) is 18.0 Å². The van der Waals surface area contributed by atoms with Crippen LogP contribution in [0.2, 0.25) is 0 Å². The number of halogens is 2. The highest BCUT2D eigenvalue weighted by Crippen LogP contribution is 2.38. The van der Waals surface area contributed by atoms with E-state index in [-0.39, 0.29) is 12.1 Å². The Bertz CT molecular complexity index is 672. The largest absolute Gasteiger partial charge is 0.349 e. The third kappa shape index (κ3) is 3.04. The minimum absolute atomic E-state index is 0.0699. The number of rotatable bonds is 4. The van der Waals surface area contributed by atoms with E-state index in [2.05, 4.69) is 15.3 Å². The molecule has 1 heterocycles. The molecule has 0 aliphatic heterocycles. The molecule has 0 unspecified atom stereocenters. The van der Waals surface area contributed by atoms with Crippen molar-refractivity contribution in [1.29, 1.82) is 0 Å². The lowest BCUT2D eigenvalue weighted by atomic mass is 10.1. The fourth-order valence-corrected chi connectivity index (χ4v) is 1.97. The standard InChI is InChI=1S/C15H13F2N3O/c16-13-5-10(11-6-18-9-19-7-11)1-2-12(13)14(21)20-8-15(17)3-4-15/h1-2,5-7,9H,3-4,8H2,(H,20,21). The van der Waals surface area contributed by atoms with Crippen molar-refractivity contribution in [2.45, 2.75) is 18.5 Å². The zero-order valence-electron chi connectivity index (χ0n) is 11.1. The first kappa shape index (κ1) is 13.6. The Hall–Kier alpha value is -2.37. The van der Waals surface area contributed by atoms with Gasteiger partial charge in [0.05, 0.1) is 12.1 Å². The molecule has 21 heavy (non-hydrogen) atoms. The number of amides is 1. The first-order valence-electron chi connectivity index (χ1n) is 6.59. The molecular weight excluding hydrogens is 276 g/mol. The van der Waals surface area contributed by atoms with Crippen molar-refractivity contribution in [2.24, 2.45) is 0 Å². The summed E-state index contributed by atoms with van der Waals surface area (Å²) in [6, 6.07) is 4.24. The predicted octanol–water partition coefficient (Wildman–Crippen LogP) is 2.51. The molecule has 4 nitrogen and oxygen atoms in total. The molecule has 1 saturated carbocycles. The number of alkyl halides is 1. The molecule has 2 aromatic rings. The first-order chi connectivity index (χ1) is 10.1. The minimum atomic E-state index is -1.30. The van der Waals surface area contributed by atoms with Gasteiger partial charge < -0.3 is 5.32 Å². The summed E-state index contributed by atoms with van der Waals surface area (Å²) in [4.78, 5) is 19.6. The molecule has 1 amide bonds. The Kier molecular flexibility index (Phi) is 3.37. The summed E-state index contributed by atoms with van der Waals surface area (Å²) < 4.78 is 27.5. The van der Waals surface area contributed by atoms with Gasteiger partial charge in [-0.15, -0.1) is 0 Å². The van der Waals surface area contributed by atoms with Gasteiger partial charge in [0.25, 0.3) is 5.91 Å². The summed E-state index contributed by atoms with van der Waals surface area (Å²) in [5.41, 5.74) is -0.161. The van der Waals surface area contributed by atoms with Crippen LogP contribution in [0.4, 0.5) is 8.78 Å². The van der Waals surface area contributed by atoms with Crippen LogP contribution < -0.4 is 5.32 Å². The van der Waals surface area contributed by atoms with E-state index < -0.39 is 17.4 Å². The number of carbonyl (C=O) groups is 1. The van der Waals surface area contributed by atoms with Crippen LogP contribution in [0, 0.1) is 5.82 Å². The van der Waals surface area contributed by atoms with Gasteiger partial charge in [0.1, 0.15) is 17.8 Å². The van der Waals surface area contributed by atoms with Crippen molar-refractivity contribution in [2.75, 3.05) is 6.54 Å². The zero-order valence-corrected chi connectivity index (χ0v) is 11.1. The van der Waals surface area contributed by atoms with Crippen molar-refractivity contribution in [3.63, 3.8) is 0 Å². The number of carbonyl (C=O) groups excluding carboxylic acids is 1. The molecule has 1 aromatic carbocycles. The van der Waals surface area contributed by atoms with Crippen molar-refractivity contribution in [3.05, 3.63) is 48.3 Å². The molecule has 6 heteroatoms. The monoisotopic (exact) mass is 289 g/mol. The SMILES string of the molecule is O=C(NCC1(F)CC1)c1ccc(-c2cncnc2)cc1F. The van der Waals surface area contributed by atoms with Crippen LogP contribution in [-0.4, -0.2) is 28.1 Å². The van der Waals surface area contributed by atoms with E-state index >= 15 is 0 Å². The second kappa shape index (κ2) is 5.20. The Balaban J connectivity index is 1.76. The number of benzene rings is 1. The maximum absolute atomic E-state index is 14.0. The number of aromatic nitrogens is 2. The number of nitrogens with one attached hydrogen (secondary N) is 1. The normalized spacial score (nSPS) is 15.5. The van der Waals surface area contributed by atoms with E-state index in [9.17, 15) is 13.6 Å². The van der Waals surface area contributed by atoms with Gasteiger partial charge >= 0.3 is 0 Å². The summed E-state index contributed by atoms with van der Waals surface area (Å²) in [7, 11) is 0. The fourth-order valence-electron chi connectivity index (χ4n) is 1.97. The smallest absolute Gasteiger partial charge is 0.254 e. The summed E-state index contributed by atoms with van der Waals surface area (Å²) in [5.74, 6) is -1.26. The maximum atomic E-state index is 14.0. The average Bonchev–Trinajstić information content (AvgIpc) is 3.24. The highest BCUT2D eigenvalue weighted by atomic mass is 19.1. The molecule has 1 N–H and O–H groups in total. The van der Waals surface area contributed by atoms with Crippen molar-refractivity contribution in [3.8, 4) is 11.1 Å². The molecule has 0 spiro atoms. The van der Waals surface area contributed by atoms with E-state index in [0.717, 1.165) is 0 Å². The fraction of sp³-hybridized carbons (Fsp3) is 0.267.